The molecule has 0 radical (unpaired) electrons. The monoisotopic (exact) mass is 291 g/mol. The predicted octanol–water partition coefficient (Wildman–Crippen LogP) is 3.07. The second kappa shape index (κ2) is 6.07. The van der Waals surface area contributed by atoms with Crippen molar-refractivity contribution in [2.75, 3.05) is 20.3 Å². The third kappa shape index (κ3) is 3.01. The maximum Gasteiger partial charge on any atom is 0.120 e. The van der Waals surface area contributed by atoms with E-state index >= 15 is 0 Å². The molecule has 1 unspecified atom stereocenters. The Balaban J connectivity index is 2.40. The molecule has 0 aromatic heterocycles. The Morgan fingerprint density at radius 2 is 1.71 bits per heavy atom. The number of hydrogen-bond acceptors (Lipinski definition) is 3. The summed E-state index contributed by atoms with van der Waals surface area (Å²) in [5, 5.41) is 11.5. The minimum atomic E-state index is -1.02. The minimum absolute atomic E-state index is 0.286. The molecule has 3 heteroatoms. The van der Waals surface area contributed by atoms with Crippen molar-refractivity contribution in [2.24, 2.45) is 16.6 Å². The SMILES string of the molecule is COCC(O)(c1ccccc1)C1(CN)CCC(C)(C)CC1. The van der Waals surface area contributed by atoms with E-state index in [1.54, 1.807) is 7.11 Å². The molecule has 118 valence electrons. The van der Waals surface area contributed by atoms with Crippen LogP contribution < -0.4 is 5.73 Å². The van der Waals surface area contributed by atoms with E-state index in [1.807, 2.05) is 30.3 Å². The average Bonchev–Trinajstić information content (AvgIpc) is 2.49. The van der Waals surface area contributed by atoms with Crippen molar-refractivity contribution in [3.8, 4) is 0 Å². The zero-order valence-corrected chi connectivity index (χ0v) is 13.6. The smallest absolute Gasteiger partial charge is 0.120 e. The lowest BCUT2D eigenvalue weighted by Crippen LogP contribution is -2.55. The Morgan fingerprint density at radius 1 is 1.14 bits per heavy atom. The van der Waals surface area contributed by atoms with E-state index in [0.29, 0.717) is 12.0 Å². The number of hydrogen-bond donors (Lipinski definition) is 2. The third-order valence-corrected chi connectivity index (χ3v) is 5.43. The number of rotatable bonds is 5. The van der Waals surface area contributed by atoms with Gasteiger partial charge in [0.1, 0.15) is 5.60 Å². The Hall–Kier alpha value is -0.900. The molecule has 0 heterocycles. The molecule has 0 saturated heterocycles. The number of methoxy groups -OCH3 is 1. The van der Waals surface area contributed by atoms with Gasteiger partial charge in [0.05, 0.1) is 6.61 Å². The van der Waals surface area contributed by atoms with Crippen LogP contribution in [0.2, 0.25) is 0 Å². The normalized spacial score (nSPS) is 23.5. The fourth-order valence-corrected chi connectivity index (χ4v) is 3.66. The molecule has 1 atom stereocenters. The first-order valence-corrected chi connectivity index (χ1v) is 7.86. The largest absolute Gasteiger partial charge is 0.382 e. The van der Waals surface area contributed by atoms with Crippen LogP contribution in [0.15, 0.2) is 30.3 Å². The van der Waals surface area contributed by atoms with Gasteiger partial charge in [-0.2, -0.15) is 0 Å². The summed E-state index contributed by atoms with van der Waals surface area (Å²) < 4.78 is 5.39. The van der Waals surface area contributed by atoms with Gasteiger partial charge in [0.2, 0.25) is 0 Å². The van der Waals surface area contributed by atoms with Gasteiger partial charge >= 0.3 is 0 Å². The second-order valence-corrected chi connectivity index (χ2v) is 7.31. The molecule has 0 bridgehead atoms. The summed E-state index contributed by atoms with van der Waals surface area (Å²) in [6, 6.07) is 9.86. The van der Waals surface area contributed by atoms with E-state index < -0.39 is 5.60 Å². The highest BCUT2D eigenvalue weighted by Gasteiger charge is 2.52. The van der Waals surface area contributed by atoms with Crippen molar-refractivity contribution in [3.05, 3.63) is 35.9 Å². The maximum absolute atomic E-state index is 11.5. The molecular weight excluding hydrogens is 262 g/mol. The van der Waals surface area contributed by atoms with Crippen molar-refractivity contribution in [1.29, 1.82) is 0 Å². The number of aliphatic hydroxyl groups is 1. The summed E-state index contributed by atoms with van der Waals surface area (Å²) in [7, 11) is 1.64. The minimum Gasteiger partial charge on any atom is -0.382 e. The molecule has 1 aliphatic rings. The first-order chi connectivity index (χ1) is 9.89. The zero-order valence-electron chi connectivity index (χ0n) is 13.6. The summed E-state index contributed by atoms with van der Waals surface area (Å²) in [6.45, 7) is 5.36. The van der Waals surface area contributed by atoms with E-state index in [-0.39, 0.29) is 12.0 Å². The standard InChI is InChI=1S/C18H29NO2/c1-16(2)9-11-17(13-19,12-10-16)18(20,14-21-3)15-7-5-4-6-8-15/h4-8,20H,9-14,19H2,1-3H3. The van der Waals surface area contributed by atoms with Crippen LogP contribution >= 0.6 is 0 Å². The highest BCUT2D eigenvalue weighted by atomic mass is 16.5. The van der Waals surface area contributed by atoms with Crippen LogP contribution in [0.3, 0.4) is 0 Å². The van der Waals surface area contributed by atoms with E-state index in [9.17, 15) is 5.11 Å². The molecule has 21 heavy (non-hydrogen) atoms. The van der Waals surface area contributed by atoms with Crippen molar-refractivity contribution >= 4 is 0 Å². The molecular formula is C18H29NO2. The molecule has 0 amide bonds. The molecule has 2 rings (SSSR count). The van der Waals surface area contributed by atoms with Crippen LogP contribution in [0.5, 0.6) is 0 Å². The van der Waals surface area contributed by atoms with Gasteiger partial charge in [0.15, 0.2) is 0 Å². The van der Waals surface area contributed by atoms with Crippen molar-refractivity contribution in [2.45, 2.75) is 45.1 Å². The lowest BCUT2D eigenvalue weighted by Gasteiger charge is -2.52. The molecule has 1 aromatic rings. The van der Waals surface area contributed by atoms with Gasteiger partial charge in [-0.15, -0.1) is 0 Å². The van der Waals surface area contributed by atoms with Gasteiger partial charge in [-0.3, -0.25) is 0 Å². The van der Waals surface area contributed by atoms with Gasteiger partial charge in [-0.05, 0) is 36.7 Å². The lowest BCUT2D eigenvalue weighted by molar-refractivity contribution is -0.152. The predicted molar refractivity (Wildman–Crippen MR) is 86.0 cm³/mol. The number of ether oxygens (including phenoxy) is 1. The van der Waals surface area contributed by atoms with E-state index in [0.717, 1.165) is 31.2 Å². The molecule has 1 aromatic carbocycles. The van der Waals surface area contributed by atoms with Crippen LogP contribution in [-0.4, -0.2) is 25.4 Å². The first-order valence-electron chi connectivity index (χ1n) is 7.86. The molecule has 1 fully saturated rings. The summed E-state index contributed by atoms with van der Waals surface area (Å²) in [6.07, 6.45) is 4.04. The zero-order chi connectivity index (χ0) is 15.6. The highest BCUT2D eigenvalue weighted by Crippen LogP contribution is 2.53. The van der Waals surface area contributed by atoms with Crippen LogP contribution in [0.4, 0.5) is 0 Å². The third-order valence-electron chi connectivity index (χ3n) is 5.43. The summed E-state index contributed by atoms with van der Waals surface area (Å²) in [4.78, 5) is 0. The second-order valence-electron chi connectivity index (χ2n) is 7.31. The highest BCUT2D eigenvalue weighted by molar-refractivity contribution is 5.26. The Morgan fingerprint density at radius 3 is 2.19 bits per heavy atom. The molecule has 1 aliphatic carbocycles. The van der Waals surface area contributed by atoms with Crippen molar-refractivity contribution in [1.82, 2.24) is 0 Å². The van der Waals surface area contributed by atoms with Gasteiger partial charge in [0.25, 0.3) is 0 Å². The average molecular weight is 291 g/mol. The topological polar surface area (TPSA) is 55.5 Å². The molecule has 0 aliphatic heterocycles. The van der Waals surface area contributed by atoms with Crippen molar-refractivity contribution < 1.29 is 9.84 Å². The Labute approximate surface area is 128 Å². The van der Waals surface area contributed by atoms with Crippen LogP contribution in [-0.2, 0) is 10.3 Å². The maximum atomic E-state index is 11.5. The quantitative estimate of drug-likeness (QED) is 0.876. The van der Waals surface area contributed by atoms with Crippen LogP contribution in [0, 0.1) is 10.8 Å². The van der Waals surface area contributed by atoms with E-state index in [4.69, 9.17) is 10.5 Å². The fourth-order valence-electron chi connectivity index (χ4n) is 3.66. The number of benzene rings is 1. The van der Waals surface area contributed by atoms with Gasteiger partial charge in [0, 0.05) is 19.1 Å². The van der Waals surface area contributed by atoms with Crippen molar-refractivity contribution in [3.63, 3.8) is 0 Å². The van der Waals surface area contributed by atoms with E-state index in [2.05, 4.69) is 13.8 Å². The number of nitrogens with two attached hydrogens (primary N) is 1. The van der Waals surface area contributed by atoms with Gasteiger partial charge in [-0.25, -0.2) is 0 Å². The molecule has 0 spiro atoms. The Bertz CT molecular complexity index is 448. The van der Waals surface area contributed by atoms with Crippen LogP contribution in [0.1, 0.15) is 45.1 Å². The summed E-state index contributed by atoms with van der Waals surface area (Å²) in [5.74, 6) is 0. The molecule has 3 nitrogen and oxygen atoms in total. The van der Waals surface area contributed by atoms with E-state index in [1.165, 1.54) is 0 Å². The summed E-state index contributed by atoms with van der Waals surface area (Å²) >= 11 is 0. The molecule has 1 saturated carbocycles. The lowest BCUT2D eigenvalue weighted by atomic mass is 9.57. The first kappa shape index (κ1) is 16.5. The van der Waals surface area contributed by atoms with Gasteiger partial charge < -0.3 is 15.6 Å². The summed E-state index contributed by atoms with van der Waals surface area (Å²) in [5.41, 5.74) is 6.09. The molecule has 3 N–H and O–H groups in total. The van der Waals surface area contributed by atoms with Gasteiger partial charge in [-0.1, -0.05) is 44.2 Å². The Kier molecular flexibility index (Phi) is 4.76. The fraction of sp³-hybridized carbons (Fsp3) is 0.667. The van der Waals surface area contributed by atoms with Crippen LogP contribution in [0.25, 0.3) is 0 Å².